The summed E-state index contributed by atoms with van der Waals surface area (Å²) in [7, 11) is -4.05. The molecule has 0 saturated carbocycles. The highest BCUT2D eigenvalue weighted by Gasteiger charge is 2.52. The molecule has 1 saturated heterocycles. The molecule has 170 valence electrons. The van der Waals surface area contributed by atoms with E-state index in [0.29, 0.717) is 31.1 Å². The molecule has 2 aromatic rings. The normalized spacial score (nSPS) is 15.4. The molecular formula is C20H25ClN2O7S. The molecule has 1 amide bonds. The van der Waals surface area contributed by atoms with Gasteiger partial charge in [0.25, 0.3) is 5.91 Å². The van der Waals surface area contributed by atoms with Crippen LogP contribution in [0, 0.1) is 0 Å². The first-order chi connectivity index (χ1) is 14.5. The summed E-state index contributed by atoms with van der Waals surface area (Å²) in [5.74, 6) is 0.240. The Kier molecular flexibility index (Phi) is 9.05. The minimum absolute atomic E-state index is 0. The summed E-state index contributed by atoms with van der Waals surface area (Å²) >= 11 is 0. The molecule has 1 aromatic carbocycles. The van der Waals surface area contributed by atoms with Crippen LogP contribution in [0.4, 0.5) is 0 Å². The number of sulfone groups is 1. The highest BCUT2D eigenvalue weighted by molar-refractivity contribution is 7.93. The van der Waals surface area contributed by atoms with E-state index in [2.05, 4.69) is 4.98 Å². The average Bonchev–Trinajstić information content (AvgIpc) is 2.79. The second kappa shape index (κ2) is 11.3. The Morgan fingerprint density at radius 2 is 1.74 bits per heavy atom. The van der Waals surface area contributed by atoms with Gasteiger partial charge in [0.15, 0.2) is 14.6 Å². The maximum Gasteiger partial charge on any atom is 0.265 e. The Morgan fingerprint density at radius 1 is 1.10 bits per heavy atom. The van der Waals surface area contributed by atoms with E-state index >= 15 is 0 Å². The van der Waals surface area contributed by atoms with Crippen LogP contribution in [0.2, 0.25) is 0 Å². The second-order valence-corrected chi connectivity index (χ2v) is 9.02. The topological polar surface area (TPSA) is 124 Å². The van der Waals surface area contributed by atoms with Gasteiger partial charge in [-0.25, -0.2) is 13.9 Å². The van der Waals surface area contributed by atoms with Gasteiger partial charge in [-0.2, -0.15) is 0 Å². The van der Waals surface area contributed by atoms with Crippen molar-refractivity contribution in [2.75, 3.05) is 26.4 Å². The summed E-state index contributed by atoms with van der Waals surface area (Å²) in [5, 5.41) is 9.08. The molecule has 3 rings (SSSR count). The number of carbonyl (C=O) groups is 1. The summed E-state index contributed by atoms with van der Waals surface area (Å²) < 4.78 is 40.9. The van der Waals surface area contributed by atoms with Crippen LogP contribution in [0.5, 0.6) is 11.5 Å². The third kappa shape index (κ3) is 5.65. The van der Waals surface area contributed by atoms with Gasteiger partial charge in [0.05, 0.1) is 24.3 Å². The Hall–Kier alpha value is -2.40. The van der Waals surface area contributed by atoms with Crippen molar-refractivity contribution in [3.63, 3.8) is 0 Å². The monoisotopic (exact) mass is 472 g/mol. The summed E-state index contributed by atoms with van der Waals surface area (Å²) in [5.41, 5.74) is 1.50. The Labute approximate surface area is 187 Å². The number of amides is 1. The molecule has 1 aliphatic rings. The van der Waals surface area contributed by atoms with Gasteiger partial charge >= 0.3 is 0 Å². The zero-order valence-corrected chi connectivity index (χ0v) is 18.4. The van der Waals surface area contributed by atoms with Crippen molar-refractivity contribution in [3.05, 3.63) is 48.8 Å². The van der Waals surface area contributed by atoms with Gasteiger partial charge in [-0.05, 0) is 49.2 Å². The highest BCUT2D eigenvalue weighted by Crippen LogP contribution is 2.35. The van der Waals surface area contributed by atoms with Crippen molar-refractivity contribution in [2.45, 2.75) is 28.9 Å². The lowest BCUT2D eigenvalue weighted by atomic mass is 9.98. The first-order valence-corrected chi connectivity index (χ1v) is 11.0. The molecule has 0 aliphatic carbocycles. The number of hydrogen-bond donors (Lipinski definition) is 2. The smallest absolute Gasteiger partial charge is 0.265 e. The Bertz CT molecular complexity index is 934. The van der Waals surface area contributed by atoms with Gasteiger partial charge in [-0.1, -0.05) is 0 Å². The van der Waals surface area contributed by atoms with Crippen molar-refractivity contribution < 1.29 is 32.6 Å². The van der Waals surface area contributed by atoms with Crippen LogP contribution in [0.3, 0.4) is 0 Å². The number of ether oxygens (including phenoxy) is 3. The van der Waals surface area contributed by atoms with E-state index < -0.39 is 20.5 Å². The highest BCUT2D eigenvalue weighted by atomic mass is 35.5. The molecule has 31 heavy (non-hydrogen) atoms. The van der Waals surface area contributed by atoms with E-state index in [9.17, 15) is 13.2 Å². The van der Waals surface area contributed by atoms with Crippen LogP contribution in [0.15, 0.2) is 53.7 Å². The Balaban J connectivity index is 0.00000341. The maximum absolute atomic E-state index is 13.2. The van der Waals surface area contributed by atoms with Crippen LogP contribution in [-0.4, -0.2) is 55.7 Å². The van der Waals surface area contributed by atoms with Gasteiger partial charge in [0.1, 0.15) is 11.5 Å². The number of nitrogens with zero attached hydrogens (tertiary/aromatic N) is 1. The van der Waals surface area contributed by atoms with Gasteiger partial charge in [-0.3, -0.25) is 15.0 Å². The van der Waals surface area contributed by atoms with Crippen molar-refractivity contribution >= 4 is 28.2 Å². The summed E-state index contributed by atoms with van der Waals surface area (Å²) in [6.07, 6.45) is 3.87. The molecule has 0 bridgehead atoms. The summed E-state index contributed by atoms with van der Waals surface area (Å²) in [6.45, 7) is 1.09. The molecule has 1 aromatic heterocycles. The zero-order chi connectivity index (χ0) is 21.5. The lowest BCUT2D eigenvalue weighted by Crippen LogP contribution is -2.54. The van der Waals surface area contributed by atoms with Crippen LogP contribution >= 0.6 is 12.4 Å². The van der Waals surface area contributed by atoms with E-state index in [0.717, 1.165) is 0 Å². The third-order valence-corrected chi connectivity index (χ3v) is 7.44. The molecule has 0 spiro atoms. The SMILES string of the molecule is Cl.O=C(NO)C1(S(=O)(=O)c2ccc(OCCCOc3cccnc3)cc2)CCOCC1. The van der Waals surface area contributed by atoms with Crippen LogP contribution in [0.25, 0.3) is 0 Å². The standard InChI is InChI=1S/C20H24N2O7S.ClH/c23-19(22-24)20(8-13-27-14-9-20)30(25,26)18-6-4-16(5-7-18)28-11-2-12-29-17-3-1-10-21-15-17;/h1,3-7,10,15,24H,2,8-9,11-14H2,(H,22,23);1H. The minimum atomic E-state index is -4.05. The van der Waals surface area contributed by atoms with Crippen molar-refractivity contribution in [1.29, 1.82) is 0 Å². The van der Waals surface area contributed by atoms with Crippen molar-refractivity contribution in [2.24, 2.45) is 0 Å². The molecule has 2 N–H and O–H groups in total. The number of carbonyl (C=O) groups excluding carboxylic acids is 1. The molecule has 0 atom stereocenters. The number of benzene rings is 1. The Morgan fingerprint density at radius 3 is 2.32 bits per heavy atom. The quantitative estimate of drug-likeness (QED) is 0.323. The molecule has 0 unspecified atom stereocenters. The van der Waals surface area contributed by atoms with Crippen molar-refractivity contribution in [3.8, 4) is 11.5 Å². The molecule has 1 aliphatic heterocycles. The number of hydrogen-bond acceptors (Lipinski definition) is 8. The van der Waals surface area contributed by atoms with E-state index in [4.69, 9.17) is 19.4 Å². The number of aromatic nitrogens is 1. The van der Waals surface area contributed by atoms with Gasteiger partial charge in [0.2, 0.25) is 0 Å². The lowest BCUT2D eigenvalue weighted by molar-refractivity contribution is -0.134. The van der Waals surface area contributed by atoms with E-state index in [1.54, 1.807) is 30.6 Å². The fourth-order valence-electron chi connectivity index (χ4n) is 3.23. The molecule has 0 radical (unpaired) electrons. The maximum atomic E-state index is 13.2. The largest absolute Gasteiger partial charge is 0.493 e. The minimum Gasteiger partial charge on any atom is -0.493 e. The lowest BCUT2D eigenvalue weighted by Gasteiger charge is -2.34. The van der Waals surface area contributed by atoms with Gasteiger partial charge in [-0.15, -0.1) is 12.4 Å². The van der Waals surface area contributed by atoms with E-state index in [1.807, 2.05) is 6.07 Å². The summed E-state index contributed by atoms with van der Waals surface area (Å²) in [4.78, 5) is 16.2. The molecule has 2 heterocycles. The first kappa shape index (κ1) is 24.9. The van der Waals surface area contributed by atoms with Crippen LogP contribution < -0.4 is 15.0 Å². The number of pyridine rings is 1. The first-order valence-electron chi connectivity index (χ1n) is 9.52. The predicted molar refractivity (Wildman–Crippen MR) is 113 cm³/mol. The number of nitrogens with one attached hydrogen (secondary N) is 1. The van der Waals surface area contributed by atoms with E-state index in [-0.39, 0.29) is 43.4 Å². The van der Waals surface area contributed by atoms with Crippen molar-refractivity contribution in [1.82, 2.24) is 10.5 Å². The molecule has 9 nitrogen and oxygen atoms in total. The van der Waals surface area contributed by atoms with E-state index in [1.165, 1.54) is 17.6 Å². The molecule has 1 fully saturated rings. The average molecular weight is 473 g/mol. The van der Waals surface area contributed by atoms with Gasteiger partial charge < -0.3 is 14.2 Å². The molecule has 11 heteroatoms. The fraction of sp³-hybridized carbons (Fsp3) is 0.400. The number of hydroxylamine groups is 1. The van der Waals surface area contributed by atoms with Crippen LogP contribution in [-0.2, 0) is 19.4 Å². The number of rotatable bonds is 9. The summed E-state index contributed by atoms with van der Waals surface area (Å²) in [6, 6.07) is 9.49. The second-order valence-electron chi connectivity index (χ2n) is 6.76. The predicted octanol–water partition coefficient (Wildman–Crippen LogP) is 2.18. The van der Waals surface area contributed by atoms with Crippen LogP contribution in [0.1, 0.15) is 19.3 Å². The fourth-order valence-corrected chi connectivity index (χ4v) is 5.17. The molecular weight excluding hydrogens is 448 g/mol. The zero-order valence-electron chi connectivity index (χ0n) is 16.7. The van der Waals surface area contributed by atoms with Gasteiger partial charge in [0, 0.05) is 25.8 Å². The number of halogens is 1. The third-order valence-electron chi connectivity index (χ3n) is 4.92.